The summed E-state index contributed by atoms with van der Waals surface area (Å²) in [6, 6.07) is 0. The SMILES string of the molecule is O=CCC1(O)CCS(=O)(=O)C1. The summed E-state index contributed by atoms with van der Waals surface area (Å²) in [7, 11) is -3.08. The van der Waals surface area contributed by atoms with Crippen LogP contribution in [0.3, 0.4) is 0 Å². The maximum Gasteiger partial charge on any atom is 0.153 e. The van der Waals surface area contributed by atoms with Gasteiger partial charge < -0.3 is 9.90 Å². The molecule has 0 radical (unpaired) electrons. The lowest BCUT2D eigenvalue weighted by Gasteiger charge is -2.15. The maximum absolute atomic E-state index is 10.8. The molecule has 0 aromatic heterocycles. The number of hydrogen-bond acceptors (Lipinski definition) is 4. The molecule has 1 aliphatic heterocycles. The summed E-state index contributed by atoms with van der Waals surface area (Å²) in [5, 5.41) is 9.42. The molecule has 1 N–H and O–H groups in total. The Kier molecular flexibility index (Phi) is 2.02. The molecule has 64 valence electrons. The Labute approximate surface area is 65.1 Å². The minimum absolute atomic E-state index is 0.00264. The second-order valence-corrected chi connectivity index (χ2v) is 5.12. The number of rotatable bonds is 2. The minimum Gasteiger partial charge on any atom is -0.388 e. The van der Waals surface area contributed by atoms with Crippen molar-refractivity contribution in [3.05, 3.63) is 0 Å². The molecule has 11 heavy (non-hydrogen) atoms. The van der Waals surface area contributed by atoms with Gasteiger partial charge in [0.15, 0.2) is 9.84 Å². The zero-order valence-electron chi connectivity index (χ0n) is 5.99. The van der Waals surface area contributed by atoms with E-state index in [-0.39, 0.29) is 24.3 Å². The molecule has 0 aromatic rings. The first-order chi connectivity index (χ1) is 4.97. The predicted molar refractivity (Wildman–Crippen MR) is 38.9 cm³/mol. The molecule has 4 nitrogen and oxygen atoms in total. The third-order valence-electron chi connectivity index (χ3n) is 1.83. The van der Waals surface area contributed by atoms with Gasteiger partial charge in [0.25, 0.3) is 0 Å². The molecule has 1 rings (SSSR count). The van der Waals surface area contributed by atoms with Gasteiger partial charge in [0.2, 0.25) is 0 Å². The third kappa shape index (κ3) is 2.00. The van der Waals surface area contributed by atoms with Crippen LogP contribution in [0.2, 0.25) is 0 Å². The molecule has 0 spiro atoms. The highest BCUT2D eigenvalue weighted by atomic mass is 32.2. The first kappa shape index (κ1) is 8.67. The summed E-state index contributed by atoms with van der Waals surface area (Å²) in [6.07, 6.45) is 0.668. The Balaban J connectivity index is 2.72. The average Bonchev–Trinajstić information content (AvgIpc) is 2.07. The number of carbonyl (C=O) groups is 1. The lowest BCUT2D eigenvalue weighted by atomic mass is 10.0. The number of sulfone groups is 1. The molecule has 1 unspecified atom stereocenters. The summed E-state index contributed by atoms with van der Waals surface area (Å²) in [5.41, 5.74) is -1.28. The fraction of sp³-hybridized carbons (Fsp3) is 0.833. The van der Waals surface area contributed by atoms with Gasteiger partial charge >= 0.3 is 0 Å². The summed E-state index contributed by atoms with van der Waals surface area (Å²) in [6.45, 7) is 0. The van der Waals surface area contributed by atoms with Crippen LogP contribution in [0.1, 0.15) is 12.8 Å². The van der Waals surface area contributed by atoms with Crippen LogP contribution in [0, 0.1) is 0 Å². The van der Waals surface area contributed by atoms with E-state index in [2.05, 4.69) is 0 Å². The van der Waals surface area contributed by atoms with Gasteiger partial charge in [-0.1, -0.05) is 0 Å². The average molecular weight is 178 g/mol. The summed E-state index contributed by atoms with van der Waals surface area (Å²) < 4.78 is 21.7. The fourth-order valence-corrected chi connectivity index (χ4v) is 3.13. The van der Waals surface area contributed by atoms with Crippen molar-refractivity contribution in [2.45, 2.75) is 18.4 Å². The van der Waals surface area contributed by atoms with Crippen LogP contribution in [0.4, 0.5) is 0 Å². The number of hydrogen-bond donors (Lipinski definition) is 1. The van der Waals surface area contributed by atoms with Crippen molar-refractivity contribution in [1.29, 1.82) is 0 Å². The van der Waals surface area contributed by atoms with E-state index in [0.29, 0.717) is 6.29 Å². The first-order valence-corrected chi connectivity index (χ1v) is 5.16. The van der Waals surface area contributed by atoms with Crippen molar-refractivity contribution in [2.75, 3.05) is 11.5 Å². The van der Waals surface area contributed by atoms with Gasteiger partial charge in [-0.25, -0.2) is 8.42 Å². The van der Waals surface area contributed by atoms with Crippen LogP contribution >= 0.6 is 0 Å². The highest BCUT2D eigenvalue weighted by Gasteiger charge is 2.39. The molecular weight excluding hydrogens is 168 g/mol. The van der Waals surface area contributed by atoms with Crippen LogP contribution in [0.25, 0.3) is 0 Å². The van der Waals surface area contributed by atoms with Gasteiger partial charge in [0, 0.05) is 6.42 Å². The van der Waals surface area contributed by atoms with Crippen molar-refractivity contribution in [3.8, 4) is 0 Å². The predicted octanol–water partition coefficient (Wildman–Crippen LogP) is -0.875. The highest BCUT2D eigenvalue weighted by Crippen LogP contribution is 2.25. The molecule has 0 aromatic carbocycles. The normalized spacial score (nSPS) is 35.4. The molecule has 0 bridgehead atoms. The van der Waals surface area contributed by atoms with Gasteiger partial charge in [0.05, 0.1) is 17.1 Å². The fourth-order valence-electron chi connectivity index (χ4n) is 1.22. The van der Waals surface area contributed by atoms with E-state index in [4.69, 9.17) is 0 Å². The van der Waals surface area contributed by atoms with E-state index >= 15 is 0 Å². The van der Waals surface area contributed by atoms with E-state index in [1.807, 2.05) is 0 Å². The second kappa shape index (κ2) is 2.57. The van der Waals surface area contributed by atoms with E-state index in [9.17, 15) is 18.3 Å². The Morgan fingerprint density at radius 1 is 1.55 bits per heavy atom. The Morgan fingerprint density at radius 3 is 2.55 bits per heavy atom. The first-order valence-electron chi connectivity index (χ1n) is 3.34. The smallest absolute Gasteiger partial charge is 0.153 e. The van der Waals surface area contributed by atoms with E-state index < -0.39 is 15.4 Å². The second-order valence-electron chi connectivity index (χ2n) is 2.94. The lowest BCUT2D eigenvalue weighted by Crippen LogP contribution is -2.30. The molecule has 5 heteroatoms. The monoisotopic (exact) mass is 178 g/mol. The number of aldehydes is 1. The van der Waals surface area contributed by atoms with Gasteiger partial charge in [-0.3, -0.25) is 0 Å². The van der Waals surface area contributed by atoms with Gasteiger partial charge in [0.1, 0.15) is 6.29 Å². The number of aliphatic hydroxyl groups is 1. The summed E-state index contributed by atoms with van der Waals surface area (Å²) in [4.78, 5) is 10.0. The van der Waals surface area contributed by atoms with Gasteiger partial charge in [-0.05, 0) is 6.42 Å². The molecule has 0 amide bonds. The van der Waals surface area contributed by atoms with Crippen molar-refractivity contribution in [1.82, 2.24) is 0 Å². The Hall–Kier alpha value is -0.420. The van der Waals surface area contributed by atoms with E-state index in [1.165, 1.54) is 0 Å². The van der Waals surface area contributed by atoms with Gasteiger partial charge in [-0.15, -0.1) is 0 Å². The lowest BCUT2D eigenvalue weighted by molar-refractivity contribution is -0.111. The minimum atomic E-state index is -3.08. The topological polar surface area (TPSA) is 71.4 Å². The van der Waals surface area contributed by atoms with Crippen LogP contribution in [-0.2, 0) is 14.6 Å². The molecule has 1 saturated heterocycles. The third-order valence-corrected chi connectivity index (χ3v) is 3.63. The number of carbonyl (C=O) groups excluding carboxylic acids is 1. The largest absolute Gasteiger partial charge is 0.388 e. The quantitative estimate of drug-likeness (QED) is 0.558. The van der Waals surface area contributed by atoms with Crippen molar-refractivity contribution in [2.24, 2.45) is 0 Å². The van der Waals surface area contributed by atoms with Gasteiger partial charge in [-0.2, -0.15) is 0 Å². The van der Waals surface area contributed by atoms with E-state index in [1.54, 1.807) is 0 Å². The molecule has 1 aliphatic rings. The van der Waals surface area contributed by atoms with Crippen LogP contribution in [-0.4, -0.2) is 36.9 Å². The van der Waals surface area contributed by atoms with E-state index in [0.717, 1.165) is 0 Å². The molecule has 0 aliphatic carbocycles. The summed E-state index contributed by atoms with van der Waals surface area (Å²) in [5.74, 6) is -0.268. The molecule has 1 heterocycles. The van der Waals surface area contributed by atoms with Crippen LogP contribution in [0.5, 0.6) is 0 Å². The molecular formula is C6H10O4S. The zero-order valence-corrected chi connectivity index (χ0v) is 6.80. The van der Waals surface area contributed by atoms with Crippen LogP contribution in [0.15, 0.2) is 0 Å². The van der Waals surface area contributed by atoms with Crippen LogP contribution < -0.4 is 0 Å². The Morgan fingerprint density at radius 2 is 2.18 bits per heavy atom. The van der Waals surface area contributed by atoms with Crippen molar-refractivity contribution >= 4 is 16.1 Å². The Bertz CT molecular complexity index is 256. The highest BCUT2D eigenvalue weighted by molar-refractivity contribution is 7.91. The summed E-state index contributed by atoms with van der Waals surface area (Å²) >= 11 is 0. The standard InChI is InChI=1S/C6H10O4S/c7-3-1-6(8)2-4-11(9,10)5-6/h3,8H,1-2,4-5H2. The molecule has 1 atom stereocenters. The zero-order chi connectivity index (χ0) is 8.54. The maximum atomic E-state index is 10.8. The molecule has 0 saturated carbocycles. The van der Waals surface area contributed by atoms with Crippen molar-refractivity contribution < 1.29 is 18.3 Å². The van der Waals surface area contributed by atoms with Crippen molar-refractivity contribution in [3.63, 3.8) is 0 Å². The molecule has 1 fully saturated rings.